The van der Waals surface area contributed by atoms with E-state index >= 15 is 0 Å². The van der Waals surface area contributed by atoms with Crippen LogP contribution in [-0.4, -0.2) is 29.2 Å². The number of benzene rings is 2. The smallest absolute Gasteiger partial charge is 0.308 e. The summed E-state index contributed by atoms with van der Waals surface area (Å²) in [6.07, 6.45) is 3.36. The fraction of sp³-hybridized carbons (Fsp3) is 0.190. The third-order valence-corrected chi connectivity index (χ3v) is 4.34. The van der Waals surface area contributed by atoms with E-state index < -0.39 is 30.2 Å². The molecule has 1 amide bonds. The number of Topliss-reactive ketones (excluding diaryl/α,β-unsaturated/α-hetero) is 1. The largest absolute Gasteiger partial charge is 0.457 e. The van der Waals surface area contributed by atoms with Crippen molar-refractivity contribution in [1.82, 2.24) is 4.90 Å². The van der Waals surface area contributed by atoms with Crippen LogP contribution in [0.4, 0.5) is 4.39 Å². The molecule has 0 aliphatic carbocycles. The molecule has 0 N–H and O–H groups in total. The lowest BCUT2D eigenvalue weighted by molar-refractivity contribution is -0.144. The van der Waals surface area contributed by atoms with Crippen molar-refractivity contribution in [3.05, 3.63) is 77.2 Å². The predicted octanol–water partition coefficient (Wildman–Crippen LogP) is 3.52. The second kappa shape index (κ2) is 7.95. The molecule has 3 rings (SSSR count). The monoisotopic (exact) mass is 367 g/mol. The minimum absolute atomic E-state index is 0.0859. The number of carbonyl (C=O) groups is 3. The second-order valence-corrected chi connectivity index (χ2v) is 6.19. The number of fused-ring (bicyclic) bond motifs is 1. The lowest BCUT2D eigenvalue weighted by Crippen LogP contribution is -2.32. The molecular weight excluding hydrogens is 349 g/mol. The van der Waals surface area contributed by atoms with Crippen LogP contribution in [-0.2, 0) is 14.3 Å². The molecule has 0 fully saturated rings. The number of carbonyl (C=O) groups excluding carboxylic acids is 3. The fourth-order valence-corrected chi connectivity index (χ4v) is 3.02. The Kier molecular flexibility index (Phi) is 5.45. The third-order valence-electron chi connectivity index (χ3n) is 4.34. The Morgan fingerprint density at radius 2 is 1.89 bits per heavy atom. The third kappa shape index (κ3) is 4.28. The van der Waals surface area contributed by atoms with Crippen molar-refractivity contribution in [1.29, 1.82) is 0 Å². The highest BCUT2D eigenvalue weighted by Crippen LogP contribution is 2.33. The van der Waals surface area contributed by atoms with Crippen LogP contribution >= 0.6 is 0 Å². The van der Waals surface area contributed by atoms with Gasteiger partial charge in [-0.25, -0.2) is 4.39 Å². The zero-order valence-electron chi connectivity index (χ0n) is 14.7. The van der Waals surface area contributed by atoms with Crippen LogP contribution in [0.2, 0.25) is 0 Å². The van der Waals surface area contributed by atoms with E-state index in [0.717, 1.165) is 17.2 Å². The van der Waals surface area contributed by atoms with Gasteiger partial charge in [0.2, 0.25) is 5.91 Å². The van der Waals surface area contributed by atoms with Crippen molar-refractivity contribution < 1.29 is 23.5 Å². The summed E-state index contributed by atoms with van der Waals surface area (Å²) in [5, 5.41) is 0. The Morgan fingerprint density at radius 3 is 2.63 bits per heavy atom. The number of ketones is 1. The van der Waals surface area contributed by atoms with Crippen molar-refractivity contribution in [2.24, 2.45) is 0 Å². The maximum absolute atomic E-state index is 13.2. The van der Waals surface area contributed by atoms with Crippen molar-refractivity contribution in [2.75, 3.05) is 6.61 Å². The highest BCUT2D eigenvalue weighted by molar-refractivity contribution is 5.98. The Bertz CT molecular complexity index is 922. The first-order valence-electron chi connectivity index (χ1n) is 8.46. The van der Waals surface area contributed by atoms with E-state index in [4.69, 9.17) is 4.74 Å². The molecule has 0 bridgehead atoms. The van der Waals surface area contributed by atoms with Gasteiger partial charge in [0.25, 0.3) is 0 Å². The number of halogens is 1. The molecule has 27 heavy (non-hydrogen) atoms. The van der Waals surface area contributed by atoms with Crippen LogP contribution in [0.15, 0.2) is 54.7 Å². The number of amides is 1. The molecule has 1 atom stereocenters. The van der Waals surface area contributed by atoms with Crippen molar-refractivity contribution in [3.8, 4) is 0 Å². The summed E-state index contributed by atoms with van der Waals surface area (Å²) in [7, 11) is 0. The van der Waals surface area contributed by atoms with Gasteiger partial charge >= 0.3 is 5.97 Å². The van der Waals surface area contributed by atoms with E-state index in [1.807, 2.05) is 30.3 Å². The minimum atomic E-state index is -0.610. The Balaban J connectivity index is 1.68. The molecule has 1 aliphatic rings. The zero-order valence-corrected chi connectivity index (χ0v) is 14.7. The SMILES string of the molecule is CC(=O)N1C=Cc2ccccc2[C@@H]1CC(=O)OCC(=O)c1cccc(F)c1. The van der Waals surface area contributed by atoms with E-state index in [1.54, 1.807) is 6.20 Å². The topological polar surface area (TPSA) is 63.7 Å². The average Bonchev–Trinajstić information content (AvgIpc) is 2.66. The second-order valence-electron chi connectivity index (χ2n) is 6.19. The molecule has 6 heteroatoms. The maximum Gasteiger partial charge on any atom is 0.308 e. The molecule has 138 valence electrons. The first-order chi connectivity index (χ1) is 13.0. The molecule has 1 aliphatic heterocycles. The number of nitrogens with zero attached hydrogens (tertiary/aromatic N) is 1. The van der Waals surface area contributed by atoms with Gasteiger partial charge in [-0.15, -0.1) is 0 Å². The van der Waals surface area contributed by atoms with Gasteiger partial charge in [-0.2, -0.15) is 0 Å². The summed E-state index contributed by atoms with van der Waals surface area (Å²) in [5.74, 6) is -1.83. The maximum atomic E-state index is 13.2. The van der Waals surface area contributed by atoms with E-state index in [2.05, 4.69) is 0 Å². The van der Waals surface area contributed by atoms with Gasteiger partial charge in [0.1, 0.15) is 5.82 Å². The fourth-order valence-electron chi connectivity index (χ4n) is 3.02. The van der Waals surface area contributed by atoms with Crippen LogP contribution in [0.25, 0.3) is 6.08 Å². The van der Waals surface area contributed by atoms with Gasteiger partial charge in [0, 0.05) is 18.7 Å². The first-order valence-corrected chi connectivity index (χ1v) is 8.46. The summed E-state index contributed by atoms with van der Waals surface area (Å²) in [4.78, 5) is 37.7. The standard InChI is InChI=1S/C21H18FNO4/c1-14(24)23-10-9-15-5-2-3-8-18(15)19(23)12-21(26)27-13-20(25)16-6-4-7-17(22)11-16/h2-11,19H,12-13H2,1H3/t19-/m0/s1. The Hall–Kier alpha value is -3.28. The van der Waals surface area contributed by atoms with E-state index in [-0.39, 0.29) is 17.9 Å². The molecule has 0 saturated heterocycles. The molecule has 5 nitrogen and oxygen atoms in total. The number of rotatable bonds is 5. The van der Waals surface area contributed by atoms with E-state index in [1.165, 1.54) is 30.0 Å². The lowest BCUT2D eigenvalue weighted by Gasteiger charge is -2.32. The molecule has 0 aromatic heterocycles. The predicted molar refractivity (Wildman–Crippen MR) is 97.0 cm³/mol. The van der Waals surface area contributed by atoms with E-state index in [0.29, 0.717) is 0 Å². The zero-order chi connectivity index (χ0) is 19.4. The molecule has 0 radical (unpaired) electrons. The van der Waals surface area contributed by atoms with Crippen LogP contribution in [0.5, 0.6) is 0 Å². The quantitative estimate of drug-likeness (QED) is 0.599. The number of esters is 1. The molecule has 0 spiro atoms. The van der Waals surface area contributed by atoms with Gasteiger partial charge < -0.3 is 9.64 Å². The molecule has 0 saturated carbocycles. The highest BCUT2D eigenvalue weighted by Gasteiger charge is 2.29. The summed E-state index contributed by atoms with van der Waals surface area (Å²) in [5.41, 5.74) is 1.89. The van der Waals surface area contributed by atoms with Crippen LogP contribution in [0, 0.1) is 5.82 Å². The molecular formula is C21H18FNO4. The molecule has 0 unspecified atom stereocenters. The normalized spacial score (nSPS) is 15.2. The summed E-state index contributed by atoms with van der Waals surface area (Å²) >= 11 is 0. The Morgan fingerprint density at radius 1 is 1.11 bits per heavy atom. The highest BCUT2D eigenvalue weighted by atomic mass is 19.1. The first kappa shape index (κ1) is 18.5. The van der Waals surface area contributed by atoms with Gasteiger partial charge in [-0.05, 0) is 29.3 Å². The summed E-state index contributed by atoms with van der Waals surface area (Å²) < 4.78 is 18.3. The van der Waals surface area contributed by atoms with Gasteiger partial charge in [-0.1, -0.05) is 36.4 Å². The van der Waals surface area contributed by atoms with Crippen molar-refractivity contribution in [2.45, 2.75) is 19.4 Å². The van der Waals surface area contributed by atoms with Crippen LogP contribution < -0.4 is 0 Å². The lowest BCUT2D eigenvalue weighted by atomic mass is 9.94. The van der Waals surface area contributed by atoms with Crippen molar-refractivity contribution >= 4 is 23.7 Å². The minimum Gasteiger partial charge on any atom is -0.457 e. The van der Waals surface area contributed by atoms with Crippen molar-refractivity contribution in [3.63, 3.8) is 0 Å². The van der Waals surface area contributed by atoms with Crippen LogP contribution in [0.3, 0.4) is 0 Å². The summed E-state index contributed by atoms with van der Waals surface area (Å²) in [6.45, 7) is 0.941. The van der Waals surface area contributed by atoms with E-state index in [9.17, 15) is 18.8 Å². The molecule has 1 heterocycles. The average molecular weight is 367 g/mol. The van der Waals surface area contributed by atoms with Gasteiger partial charge in [-0.3, -0.25) is 14.4 Å². The Labute approximate surface area is 156 Å². The summed E-state index contributed by atoms with van der Waals surface area (Å²) in [6, 6.07) is 12.2. The van der Waals surface area contributed by atoms with Gasteiger partial charge in [0.05, 0.1) is 12.5 Å². The molecule has 2 aromatic rings. The number of hydrogen-bond acceptors (Lipinski definition) is 4. The molecule has 2 aromatic carbocycles. The number of ether oxygens (including phenoxy) is 1. The van der Waals surface area contributed by atoms with Crippen LogP contribution in [0.1, 0.15) is 40.9 Å². The number of hydrogen-bond donors (Lipinski definition) is 0. The van der Waals surface area contributed by atoms with Gasteiger partial charge in [0.15, 0.2) is 12.4 Å².